The summed E-state index contributed by atoms with van der Waals surface area (Å²) in [7, 11) is -3.90. The third-order valence-corrected chi connectivity index (χ3v) is 4.05. The van der Waals surface area contributed by atoms with E-state index >= 15 is 0 Å². The molecule has 0 unspecified atom stereocenters. The van der Waals surface area contributed by atoms with Gasteiger partial charge in [-0.1, -0.05) is 0 Å². The molecule has 0 aliphatic carbocycles. The zero-order valence-electron chi connectivity index (χ0n) is 13.5. The maximum atomic E-state index is 12.3. The molecule has 2 aromatic rings. The normalized spacial score (nSPS) is 11.3. The number of esters is 1. The highest BCUT2D eigenvalue weighted by molar-refractivity contribution is 7.92. The molecule has 0 aliphatic rings. The Morgan fingerprint density at radius 1 is 1.29 bits per heavy atom. The lowest BCUT2D eigenvalue weighted by atomic mass is 10.3. The van der Waals surface area contributed by atoms with Crippen LogP contribution in [-0.4, -0.2) is 32.1 Å². The maximum Gasteiger partial charge on any atom is 0.360 e. The summed E-state index contributed by atoms with van der Waals surface area (Å²) in [6, 6.07) is 5.58. The van der Waals surface area contributed by atoms with Crippen LogP contribution in [-0.2, 0) is 14.8 Å². The summed E-state index contributed by atoms with van der Waals surface area (Å²) in [6.07, 6.45) is 1.01. The quantitative estimate of drug-likeness (QED) is 0.761. The second-order valence-corrected chi connectivity index (χ2v) is 6.68. The second kappa shape index (κ2) is 7.35. The first kappa shape index (κ1) is 17.8. The smallest absolute Gasteiger partial charge is 0.360 e. The molecule has 24 heavy (non-hydrogen) atoms. The van der Waals surface area contributed by atoms with E-state index in [1.165, 1.54) is 12.1 Å². The van der Waals surface area contributed by atoms with Crippen LogP contribution in [0.15, 0.2) is 39.8 Å². The van der Waals surface area contributed by atoms with Crippen molar-refractivity contribution in [2.45, 2.75) is 31.8 Å². The van der Waals surface area contributed by atoms with Gasteiger partial charge >= 0.3 is 12.0 Å². The molecule has 0 radical (unpaired) electrons. The molecule has 0 spiro atoms. The van der Waals surface area contributed by atoms with Gasteiger partial charge in [-0.2, -0.15) is 4.98 Å². The number of aromatic nitrogens is 1. The lowest BCUT2D eigenvalue weighted by molar-refractivity contribution is 0.0519. The molecule has 0 bridgehead atoms. The molecule has 9 heteroatoms. The zero-order valence-corrected chi connectivity index (χ0v) is 14.3. The molecule has 0 atom stereocenters. The van der Waals surface area contributed by atoms with Gasteiger partial charge < -0.3 is 13.9 Å². The SMILES string of the molecule is CCOC(=O)c1coc(NS(=O)(=O)c2ccc(OC(C)C)cc2)n1. The van der Waals surface area contributed by atoms with Crippen LogP contribution in [0.1, 0.15) is 31.3 Å². The number of hydrogen-bond acceptors (Lipinski definition) is 7. The van der Waals surface area contributed by atoms with E-state index in [4.69, 9.17) is 13.9 Å². The summed E-state index contributed by atoms with van der Waals surface area (Å²) in [5.74, 6) is -0.133. The minimum Gasteiger partial charge on any atom is -0.491 e. The maximum absolute atomic E-state index is 12.3. The van der Waals surface area contributed by atoms with Gasteiger partial charge in [0.05, 0.1) is 17.6 Å². The Kier molecular flexibility index (Phi) is 5.45. The fourth-order valence-corrected chi connectivity index (χ4v) is 2.70. The predicted molar refractivity (Wildman–Crippen MR) is 85.5 cm³/mol. The van der Waals surface area contributed by atoms with Gasteiger partial charge in [-0.05, 0) is 45.0 Å². The second-order valence-electron chi connectivity index (χ2n) is 5.00. The van der Waals surface area contributed by atoms with Crippen LogP contribution < -0.4 is 9.46 Å². The highest BCUT2D eigenvalue weighted by Crippen LogP contribution is 2.20. The number of carbonyl (C=O) groups excluding carboxylic acids is 1. The highest BCUT2D eigenvalue weighted by Gasteiger charge is 2.19. The van der Waals surface area contributed by atoms with Crippen LogP contribution in [0.3, 0.4) is 0 Å². The van der Waals surface area contributed by atoms with E-state index in [-0.39, 0.29) is 29.3 Å². The van der Waals surface area contributed by atoms with E-state index in [1.807, 2.05) is 13.8 Å². The molecule has 1 N–H and O–H groups in total. The number of oxazole rings is 1. The Bertz CT molecular complexity index is 796. The van der Waals surface area contributed by atoms with Crippen LogP contribution in [0.5, 0.6) is 5.75 Å². The molecular weight excluding hydrogens is 336 g/mol. The van der Waals surface area contributed by atoms with Gasteiger partial charge in [-0.3, -0.25) is 0 Å². The van der Waals surface area contributed by atoms with Crippen LogP contribution in [0, 0.1) is 0 Å². The lowest BCUT2D eigenvalue weighted by Gasteiger charge is -2.10. The number of nitrogens with one attached hydrogen (secondary N) is 1. The Balaban J connectivity index is 2.12. The number of hydrogen-bond donors (Lipinski definition) is 1. The van der Waals surface area contributed by atoms with Gasteiger partial charge in [0.1, 0.15) is 12.0 Å². The number of anilines is 1. The highest BCUT2D eigenvalue weighted by atomic mass is 32.2. The first-order valence-electron chi connectivity index (χ1n) is 7.24. The van der Waals surface area contributed by atoms with E-state index in [9.17, 15) is 13.2 Å². The average Bonchev–Trinajstić information content (AvgIpc) is 2.95. The van der Waals surface area contributed by atoms with Gasteiger partial charge in [0.15, 0.2) is 5.69 Å². The van der Waals surface area contributed by atoms with Crippen molar-refractivity contribution in [1.82, 2.24) is 4.98 Å². The monoisotopic (exact) mass is 354 g/mol. The Labute approximate surface area is 139 Å². The lowest BCUT2D eigenvalue weighted by Crippen LogP contribution is -2.14. The van der Waals surface area contributed by atoms with Crippen molar-refractivity contribution in [3.05, 3.63) is 36.2 Å². The van der Waals surface area contributed by atoms with E-state index in [0.29, 0.717) is 5.75 Å². The van der Waals surface area contributed by atoms with Crippen molar-refractivity contribution < 1.29 is 27.1 Å². The van der Waals surface area contributed by atoms with E-state index in [1.54, 1.807) is 19.1 Å². The van der Waals surface area contributed by atoms with Crippen LogP contribution in [0.2, 0.25) is 0 Å². The topological polar surface area (TPSA) is 108 Å². The van der Waals surface area contributed by atoms with E-state index in [0.717, 1.165) is 6.26 Å². The number of benzene rings is 1. The fourth-order valence-electron chi connectivity index (χ4n) is 1.76. The summed E-state index contributed by atoms with van der Waals surface area (Å²) in [6.45, 7) is 5.57. The van der Waals surface area contributed by atoms with Crippen LogP contribution in [0.25, 0.3) is 0 Å². The largest absolute Gasteiger partial charge is 0.491 e. The van der Waals surface area contributed by atoms with Crippen molar-refractivity contribution in [2.75, 3.05) is 11.3 Å². The Hall–Kier alpha value is -2.55. The molecule has 0 aliphatic heterocycles. The minimum atomic E-state index is -3.90. The summed E-state index contributed by atoms with van der Waals surface area (Å²) in [5, 5.41) is 0. The zero-order chi connectivity index (χ0) is 17.7. The number of nitrogens with zero attached hydrogens (tertiary/aromatic N) is 1. The number of sulfonamides is 1. The first-order valence-corrected chi connectivity index (χ1v) is 8.72. The fraction of sp³-hybridized carbons (Fsp3) is 0.333. The minimum absolute atomic E-state index is 0.00879. The third kappa shape index (κ3) is 4.48. The number of rotatable bonds is 7. The van der Waals surface area contributed by atoms with E-state index < -0.39 is 16.0 Å². The summed E-state index contributed by atoms with van der Waals surface area (Å²) >= 11 is 0. The molecule has 8 nitrogen and oxygen atoms in total. The molecule has 0 saturated heterocycles. The van der Waals surface area contributed by atoms with Gasteiger partial charge in [-0.15, -0.1) is 0 Å². The van der Waals surface area contributed by atoms with Gasteiger partial charge in [0.2, 0.25) is 0 Å². The van der Waals surface area contributed by atoms with Crippen molar-refractivity contribution in [2.24, 2.45) is 0 Å². The molecule has 2 rings (SSSR count). The van der Waals surface area contributed by atoms with Gasteiger partial charge in [-0.25, -0.2) is 17.9 Å². The molecule has 130 valence electrons. The molecule has 1 aromatic heterocycles. The van der Waals surface area contributed by atoms with Crippen LogP contribution in [0.4, 0.5) is 6.01 Å². The number of carbonyl (C=O) groups is 1. The van der Waals surface area contributed by atoms with Gasteiger partial charge in [0.25, 0.3) is 10.0 Å². The average molecular weight is 354 g/mol. The van der Waals surface area contributed by atoms with Crippen molar-refractivity contribution in [3.8, 4) is 5.75 Å². The van der Waals surface area contributed by atoms with E-state index in [2.05, 4.69) is 9.71 Å². The van der Waals surface area contributed by atoms with Crippen molar-refractivity contribution >= 4 is 22.0 Å². The predicted octanol–water partition coefficient (Wildman–Crippen LogP) is 2.44. The third-order valence-electron chi connectivity index (χ3n) is 2.72. The molecular formula is C15H18N2O6S. The molecule has 0 fully saturated rings. The van der Waals surface area contributed by atoms with Crippen LogP contribution >= 0.6 is 0 Å². The van der Waals surface area contributed by atoms with Gasteiger partial charge in [0, 0.05) is 0 Å². The molecule has 1 aromatic carbocycles. The Morgan fingerprint density at radius 3 is 2.54 bits per heavy atom. The van der Waals surface area contributed by atoms with Crippen molar-refractivity contribution in [3.63, 3.8) is 0 Å². The number of ether oxygens (including phenoxy) is 2. The first-order chi connectivity index (χ1) is 11.3. The summed E-state index contributed by atoms with van der Waals surface area (Å²) in [4.78, 5) is 15.2. The summed E-state index contributed by atoms with van der Waals surface area (Å²) < 4.78 is 41.8. The van der Waals surface area contributed by atoms with Crippen molar-refractivity contribution in [1.29, 1.82) is 0 Å². The molecule has 0 saturated carbocycles. The Morgan fingerprint density at radius 2 is 1.96 bits per heavy atom. The molecule has 1 heterocycles. The standard InChI is InChI=1S/C15H18N2O6S/c1-4-21-14(18)13-9-22-15(16-13)17-24(19,20)12-7-5-11(6-8-12)23-10(2)3/h5-10H,4H2,1-3H3,(H,16,17). The summed E-state index contributed by atoms with van der Waals surface area (Å²) in [5.41, 5.74) is -0.116. The molecule has 0 amide bonds.